The summed E-state index contributed by atoms with van der Waals surface area (Å²) < 4.78 is 24.0. The van der Waals surface area contributed by atoms with Gasteiger partial charge < -0.3 is 14.7 Å². The molecule has 194 valence electrons. The molecule has 1 saturated heterocycles. The second-order valence-corrected chi connectivity index (χ2v) is 10.2. The van der Waals surface area contributed by atoms with E-state index in [9.17, 15) is 14.3 Å². The van der Waals surface area contributed by atoms with Crippen LogP contribution in [0.4, 0.5) is 10.1 Å². The minimum atomic E-state index is -1.30. The number of alkyl halides is 1. The van der Waals surface area contributed by atoms with Gasteiger partial charge in [-0.15, -0.1) is 0 Å². The van der Waals surface area contributed by atoms with Gasteiger partial charge in [-0.25, -0.2) is 14.1 Å². The monoisotopic (exact) mass is 518 g/mol. The molecule has 0 saturated carbocycles. The fourth-order valence-electron chi connectivity index (χ4n) is 4.51. The van der Waals surface area contributed by atoms with Gasteiger partial charge in [-0.1, -0.05) is 18.5 Å². The van der Waals surface area contributed by atoms with Gasteiger partial charge in [-0.05, 0) is 45.7 Å². The normalized spacial score (nSPS) is 18.2. The Hall–Kier alpha value is -2.98. The second-order valence-electron chi connectivity index (χ2n) is 9.85. The van der Waals surface area contributed by atoms with E-state index in [1.54, 1.807) is 35.7 Å². The van der Waals surface area contributed by atoms with E-state index in [0.29, 0.717) is 24.7 Å². The zero-order valence-electron chi connectivity index (χ0n) is 21.2. The Balaban J connectivity index is 1.53. The molecule has 9 nitrogen and oxygen atoms in total. The molecular formula is C25H32ClFN6O3. The molecule has 0 spiro atoms. The number of halogens is 2. The van der Waals surface area contributed by atoms with Gasteiger partial charge in [-0.2, -0.15) is 10.2 Å². The lowest BCUT2D eigenvalue weighted by Crippen LogP contribution is -2.30. The molecule has 2 atom stereocenters. The Kier molecular flexibility index (Phi) is 7.38. The van der Waals surface area contributed by atoms with E-state index >= 15 is 0 Å². The van der Waals surface area contributed by atoms with Gasteiger partial charge in [0, 0.05) is 30.1 Å². The highest BCUT2D eigenvalue weighted by Gasteiger charge is 2.36. The van der Waals surface area contributed by atoms with Crippen molar-refractivity contribution in [3.63, 3.8) is 0 Å². The standard InChI is InChI=1S/C25H32ClFN6O3/c1-6-9-32-24(34)23(26)19(11-29-32)31-12-18(27)20(13-31)36-21-10-17(7-8-28-21)22-15(2)30-33(16(22)3)14-25(4,5)35/h7-8,10-11,18,20,35H,6,9,12-14H2,1-5H3/t18-,20-/m0/s1. The quantitative estimate of drug-likeness (QED) is 0.487. The van der Waals surface area contributed by atoms with Gasteiger partial charge in [0.1, 0.15) is 5.02 Å². The second kappa shape index (κ2) is 10.2. The van der Waals surface area contributed by atoms with Crippen LogP contribution >= 0.6 is 11.6 Å². The van der Waals surface area contributed by atoms with Crippen LogP contribution in [0.15, 0.2) is 29.3 Å². The van der Waals surface area contributed by atoms with Crippen LogP contribution in [0.25, 0.3) is 11.1 Å². The minimum absolute atomic E-state index is 0.0282. The fraction of sp³-hybridized carbons (Fsp3) is 0.520. The van der Waals surface area contributed by atoms with Gasteiger partial charge in [0.15, 0.2) is 12.3 Å². The van der Waals surface area contributed by atoms with Crippen molar-refractivity contribution in [3.05, 3.63) is 51.3 Å². The molecule has 0 unspecified atom stereocenters. The van der Waals surface area contributed by atoms with E-state index in [0.717, 1.165) is 28.9 Å². The van der Waals surface area contributed by atoms with Crippen molar-refractivity contribution >= 4 is 17.3 Å². The van der Waals surface area contributed by atoms with Crippen LogP contribution in [0.1, 0.15) is 38.6 Å². The Morgan fingerprint density at radius 1 is 1.28 bits per heavy atom. The summed E-state index contributed by atoms with van der Waals surface area (Å²) in [7, 11) is 0. The number of anilines is 1. The lowest BCUT2D eigenvalue weighted by molar-refractivity contribution is 0.0570. The molecule has 0 aliphatic carbocycles. The minimum Gasteiger partial charge on any atom is -0.469 e. The molecule has 3 aromatic heterocycles. The summed E-state index contributed by atoms with van der Waals surface area (Å²) in [6, 6.07) is 3.62. The molecule has 0 aromatic carbocycles. The largest absolute Gasteiger partial charge is 0.469 e. The Morgan fingerprint density at radius 2 is 2.03 bits per heavy atom. The van der Waals surface area contributed by atoms with Gasteiger partial charge in [0.25, 0.3) is 5.56 Å². The maximum absolute atomic E-state index is 15.0. The summed E-state index contributed by atoms with van der Waals surface area (Å²) in [5, 5.41) is 19.0. The Bertz CT molecular complexity index is 1300. The van der Waals surface area contributed by atoms with Crippen molar-refractivity contribution in [1.82, 2.24) is 24.5 Å². The number of pyridine rings is 1. The van der Waals surface area contributed by atoms with Crippen LogP contribution in [0.5, 0.6) is 5.88 Å². The molecule has 0 amide bonds. The van der Waals surface area contributed by atoms with Crippen LogP contribution in [0, 0.1) is 13.8 Å². The molecule has 1 aliphatic rings. The highest BCUT2D eigenvalue weighted by atomic mass is 35.5. The number of ether oxygens (including phenoxy) is 1. The number of aromatic nitrogens is 5. The first kappa shape index (κ1) is 26.1. The zero-order chi connectivity index (χ0) is 26.2. The molecule has 36 heavy (non-hydrogen) atoms. The number of hydrogen-bond donors (Lipinski definition) is 1. The number of rotatable bonds is 8. The van der Waals surface area contributed by atoms with Crippen LogP contribution < -0.4 is 15.2 Å². The molecule has 4 rings (SSSR count). The first-order chi connectivity index (χ1) is 17.0. The molecule has 3 aromatic rings. The smallest absolute Gasteiger partial charge is 0.287 e. The predicted octanol–water partition coefficient (Wildman–Crippen LogP) is 3.56. The predicted molar refractivity (Wildman–Crippen MR) is 137 cm³/mol. The van der Waals surface area contributed by atoms with Crippen molar-refractivity contribution in [2.24, 2.45) is 0 Å². The summed E-state index contributed by atoms with van der Waals surface area (Å²) in [5.74, 6) is 0.290. The SMILES string of the molecule is CCCn1ncc(N2C[C@H](Oc3cc(-c4c(C)nn(CC(C)(C)O)c4C)ccn3)[C@@H](F)C2)c(Cl)c1=O. The van der Waals surface area contributed by atoms with E-state index in [2.05, 4.69) is 15.2 Å². The first-order valence-corrected chi connectivity index (χ1v) is 12.4. The maximum atomic E-state index is 15.0. The van der Waals surface area contributed by atoms with E-state index < -0.39 is 17.9 Å². The van der Waals surface area contributed by atoms with Gasteiger partial charge in [0.05, 0.1) is 42.8 Å². The molecule has 1 aliphatic heterocycles. The highest BCUT2D eigenvalue weighted by Crippen LogP contribution is 2.32. The number of aryl methyl sites for hydroxylation is 2. The van der Waals surface area contributed by atoms with Crippen molar-refractivity contribution in [2.45, 2.75) is 72.0 Å². The highest BCUT2D eigenvalue weighted by molar-refractivity contribution is 6.33. The Labute approximate surface area is 214 Å². The third-order valence-corrected chi connectivity index (χ3v) is 6.51. The molecular weight excluding hydrogens is 487 g/mol. The fourth-order valence-corrected chi connectivity index (χ4v) is 4.78. The van der Waals surface area contributed by atoms with E-state index in [-0.39, 0.29) is 23.7 Å². The van der Waals surface area contributed by atoms with Gasteiger partial charge in [-0.3, -0.25) is 9.48 Å². The summed E-state index contributed by atoms with van der Waals surface area (Å²) in [6.07, 6.45) is 1.78. The summed E-state index contributed by atoms with van der Waals surface area (Å²) in [4.78, 5) is 18.4. The Morgan fingerprint density at radius 3 is 2.72 bits per heavy atom. The first-order valence-electron chi connectivity index (χ1n) is 12.0. The lowest BCUT2D eigenvalue weighted by atomic mass is 10.0. The van der Waals surface area contributed by atoms with Gasteiger partial charge >= 0.3 is 0 Å². The third-order valence-electron chi connectivity index (χ3n) is 6.15. The van der Waals surface area contributed by atoms with Crippen LogP contribution in [0.2, 0.25) is 5.02 Å². The van der Waals surface area contributed by atoms with Crippen LogP contribution in [-0.4, -0.2) is 60.6 Å². The van der Waals surface area contributed by atoms with Crippen LogP contribution in [-0.2, 0) is 13.1 Å². The molecule has 0 bridgehead atoms. The average Bonchev–Trinajstić information content (AvgIpc) is 3.28. The average molecular weight is 519 g/mol. The molecule has 0 radical (unpaired) electrons. The molecule has 4 heterocycles. The summed E-state index contributed by atoms with van der Waals surface area (Å²) >= 11 is 6.32. The number of hydrogen-bond acceptors (Lipinski definition) is 7. The number of nitrogens with zero attached hydrogens (tertiary/aromatic N) is 6. The van der Waals surface area contributed by atoms with Crippen molar-refractivity contribution < 1.29 is 14.2 Å². The van der Waals surface area contributed by atoms with E-state index in [1.807, 2.05) is 26.8 Å². The zero-order valence-corrected chi connectivity index (χ0v) is 22.0. The molecule has 1 fully saturated rings. The maximum Gasteiger partial charge on any atom is 0.287 e. The molecule has 11 heteroatoms. The van der Waals surface area contributed by atoms with Crippen LogP contribution in [0.3, 0.4) is 0 Å². The van der Waals surface area contributed by atoms with E-state index in [1.165, 1.54) is 10.9 Å². The molecule has 1 N–H and O–H groups in total. The lowest BCUT2D eigenvalue weighted by Gasteiger charge is -2.19. The summed E-state index contributed by atoms with van der Waals surface area (Å²) in [6.45, 7) is 10.3. The van der Waals surface area contributed by atoms with Crippen molar-refractivity contribution in [3.8, 4) is 17.0 Å². The summed E-state index contributed by atoms with van der Waals surface area (Å²) in [5.41, 5.74) is 2.58. The van der Waals surface area contributed by atoms with Gasteiger partial charge in [0.2, 0.25) is 5.88 Å². The van der Waals surface area contributed by atoms with E-state index in [4.69, 9.17) is 16.3 Å². The third kappa shape index (κ3) is 5.39. The number of aliphatic hydroxyl groups is 1. The topological polar surface area (TPSA) is 98.3 Å². The van der Waals surface area contributed by atoms with Crippen molar-refractivity contribution in [1.29, 1.82) is 0 Å². The van der Waals surface area contributed by atoms with Crippen molar-refractivity contribution in [2.75, 3.05) is 18.0 Å².